The third-order valence-corrected chi connectivity index (χ3v) is 1.81. The number of hydrogen-bond donors (Lipinski definition) is 0. The van der Waals surface area contributed by atoms with E-state index in [1.165, 1.54) is 10.8 Å². The number of rotatable bonds is 0. The van der Waals surface area contributed by atoms with E-state index in [4.69, 9.17) is 0 Å². The summed E-state index contributed by atoms with van der Waals surface area (Å²) in [4.78, 5) is 0. The van der Waals surface area contributed by atoms with Gasteiger partial charge in [0.15, 0.2) is 0 Å². The van der Waals surface area contributed by atoms with Crippen LogP contribution in [0.2, 0.25) is 0 Å². The zero-order valence-corrected chi connectivity index (χ0v) is 6.25. The molecule has 0 aromatic heterocycles. The zero-order valence-electron chi connectivity index (χ0n) is 6.25. The zero-order chi connectivity index (χ0) is 7.68. The molecule has 2 aromatic carbocycles. The quantitative estimate of drug-likeness (QED) is 0.529. The first-order valence-corrected chi connectivity index (χ1v) is 3.67. The van der Waals surface area contributed by atoms with Crippen molar-refractivity contribution in [1.29, 1.82) is 0 Å². The van der Waals surface area contributed by atoms with Gasteiger partial charge in [-0.3, -0.25) is 0 Å². The fourth-order valence-electron chi connectivity index (χ4n) is 1.24. The molecule has 0 nitrogen and oxygen atoms in total. The van der Waals surface area contributed by atoms with E-state index in [2.05, 4.69) is 31.2 Å². The Morgan fingerprint density at radius 2 is 1.55 bits per heavy atom. The van der Waals surface area contributed by atoms with Crippen molar-refractivity contribution in [2.75, 3.05) is 0 Å². The van der Waals surface area contributed by atoms with Gasteiger partial charge in [-0.1, -0.05) is 42.5 Å². The highest BCUT2D eigenvalue weighted by atomic mass is 13.9. The predicted molar refractivity (Wildman–Crippen MR) is 48.4 cm³/mol. The molecule has 0 saturated carbocycles. The maximum atomic E-state index is 3.87. The molecule has 0 spiro atoms. The third kappa shape index (κ3) is 1.12. The summed E-state index contributed by atoms with van der Waals surface area (Å²) >= 11 is 0. The van der Waals surface area contributed by atoms with Gasteiger partial charge >= 0.3 is 0 Å². The second-order valence-electron chi connectivity index (χ2n) is 2.68. The predicted octanol–water partition coefficient (Wildman–Crippen LogP) is 3.02. The van der Waals surface area contributed by atoms with Crippen molar-refractivity contribution in [1.82, 2.24) is 0 Å². The first kappa shape index (κ1) is 6.41. The Morgan fingerprint density at radius 3 is 2.36 bits per heavy atom. The molecule has 0 N–H and O–H groups in total. The number of hydrogen-bond acceptors (Lipinski definition) is 0. The van der Waals surface area contributed by atoms with Crippen LogP contribution in [0.4, 0.5) is 0 Å². The first-order valence-electron chi connectivity index (χ1n) is 3.67. The van der Waals surface area contributed by atoms with E-state index < -0.39 is 0 Å². The second kappa shape index (κ2) is 2.39. The SMILES string of the molecule is [CH2]c1ccc2ccccc2c1. The molecule has 11 heavy (non-hydrogen) atoms. The van der Waals surface area contributed by atoms with Crippen molar-refractivity contribution < 1.29 is 0 Å². The van der Waals surface area contributed by atoms with Gasteiger partial charge in [-0.25, -0.2) is 0 Å². The van der Waals surface area contributed by atoms with E-state index in [0.29, 0.717) is 0 Å². The fraction of sp³-hybridized carbons (Fsp3) is 0. The summed E-state index contributed by atoms with van der Waals surface area (Å²) in [6.07, 6.45) is 0. The summed E-state index contributed by atoms with van der Waals surface area (Å²) in [6, 6.07) is 14.5. The van der Waals surface area contributed by atoms with Crippen molar-refractivity contribution in [2.24, 2.45) is 0 Å². The average molecular weight is 141 g/mol. The van der Waals surface area contributed by atoms with Crippen molar-refractivity contribution in [3.63, 3.8) is 0 Å². The summed E-state index contributed by atoms with van der Waals surface area (Å²) in [6.45, 7) is 3.87. The molecule has 1 radical (unpaired) electrons. The van der Waals surface area contributed by atoms with E-state index in [-0.39, 0.29) is 0 Å². The summed E-state index contributed by atoms with van der Waals surface area (Å²) < 4.78 is 0. The molecule has 0 atom stereocenters. The molecule has 0 amide bonds. The van der Waals surface area contributed by atoms with Crippen molar-refractivity contribution in [2.45, 2.75) is 0 Å². The van der Waals surface area contributed by atoms with Gasteiger partial charge in [0, 0.05) is 0 Å². The Bertz CT molecular complexity index is 374. The van der Waals surface area contributed by atoms with Crippen LogP contribution in [0.15, 0.2) is 42.5 Å². The van der Waals surface area contributed by atoms with Crippen molar-refractivity contribution >= 4 is 10.8 Å². The normalized spacial score (nSPS) is 10.3. The van der Waals surface area contributed by atoms with Crippen LogP contribution in [0.5, 0.6) is 0 Å². The minimum Gasteiger partial charge on any atom is -0.0616 e. The number of fused-ring (bicyclic) bond motifs is 1. The fourth-order valence-corrected chi connectivity index (χ4v) is 1.24. The van der Waals surface area contributed by atoms with Gasteiger partial charge in [-0.15, -0.1) is 0 Å². The minimum atomic E-state index is 1.07. The minimum absolute atomic E-state index is 1.07. The van der Waals surface area contributed by atoms with E-state index in [9.17, 15) is 0 Å². The van der Waals surface area contributed by atoms with E-state index in [1.54, 1.807) is 0 Å². The van der Waals surface area contributed by atoms with Gasteiger partial charge in [0.1, 0.15) is 0 Å². The van der Waals surface area contributed by atoms with Gasteiger partial charge in [0.25, 0.3) is 0 Å². The average Bonchev–Trinajstić information content (AvgIpc) is 2.04. The summed E-state index contributed by atoms with van der Waals surface area (Å²) in [7, 11) is 0. The van der Waals surface area contributed by atoms with Gasteiger partial charge in [0.05, 0.1) is 0 Å². The Kier molecular flexibility index (Phi) is 1.39. The van der Waals surface area contributed by atoms with Gasteiger partial charge in [-0.2, -0.15) is 0 Å². The van der Waals surface area contributed by atoms with Crippen LogP contribution < -0.4 is 0 Å². The van der Waals surface area contributed by atoms with Crippen LogP contribution in [0.25, 0.3) is 10.8 Å². The molecule has 0 unspecified atom stereocenters. The molecule has 0 heteroatoms. The van der Waals surface area contributed by atoms with E-state index in [1.807, 2.05) is 18.2 Å². The van der Waals surface area contributed by atoms with Crippen LogP contribution in [0.1, 0.15) is 5.56 Å². The van der Waals surface area contributed by atoms with Crippen molar-refractivity contribution in [3.05, 3.63) is 55.0 Å². The maximum Gasteiger partial charge on any atom is -0.0181 e. The van der Waals surface area contributed by atoms with Gasteiger partial charge in [0.2, 0.25) is 0 Å². The highest BCUT2D eigenvalue weighted by molar-refractivity contribution is 5.83. The Morgan fingerprint density at radius 1 is 0.818 bits per heavy atom. The molecule has 0 saturated heterocycles. The molecule has 53 valence electrons. The molecule has 0 aliphatic rings. The Balaban J connectivity index is 2.83. The molecule has 0 heterocycles. The largest absolute Gasteiger partial charge is 0.0616 e. The lowest BCUT2D eigenvalue weighted by Gasteiger charge is -1.96. The number of benzene rings is 2. The smallest absolute Gasteiger partial charge is 0.0181 e. The standard InChI is InChI=1S/C11H9/c1-9-6-7-10-4-2-3-5-11(10)8-9/h2-8H,1H2. The molecule has 0 bridgehead atoms. The molecular weight excluding hydrogens is 132 g/mol. The highest BCUT2D eigenvalue weighted by Crippen LogP contribution is 2.14. The topological polar surface area (TPSA) is 0 Å². The molecule has 0 fully saturated rings. The molecule has 0 aliphatic heterocycles. The van der Waals surface area contributed by atoms with Crippen LogP contribution in [0, 0.1) is 6.92 Å². The molecule has 0 aliphatic carbocycles. The lowest BCUT2D eigenvalue weighted by molar-refractivity contribution is 1.66. The van der Waals surface area contributed by atoms with Crippen molar-refractivity contribution in [3.8, 4) is 0 Å². The highest BCUT2D eigenvalue weighted by Gasteiger charge is 1.89. The monoisotopic (exact) mass is 141 g/mol. The molecule has 2 aromatic rings. The Labute approximate surface area is 66.5 Å². The summed E-state index contributed by atoms with van der Waals surface area (Å²) in [5.74, 6) is 0. The molecular formula is C11H9. The van der Waals surface area contributed by atoms with Crippen LogP contribution in [-0.4, -0.2) is 0 Å². The Hall–Kier alpha value is -1.30. The van der Waals surface area contributed by atoms with Gasteiger partial charge < -0.3 is 0 Å². The third-order valence-electron chi connectivity index (χ3n) is 1.81. The maximum absolute atomic E-state index is 3.87. The lowest BCUT2D eigenvalue weighted by atomic mass is 10.1. The summed E-state index contributed by atoms with van der Waals surface area (Å²) in [5, 5.41) is 2.54. The first-order chi connectivity index (χ1) is 5.36. The van der Waals surface area contributed by atoms with E-state index >= 15 is 0 Å². The van der Waals surface area contributed by atoms with Crippen LogP contribution >= 0.6 is 0 Å². The van der Waals surface area contributed by atoms with E-state index in [0.717, 1.165) is 5.56 Å². The molecule has 2 rings (SSSR count). The summed E-state index contributed by atoms with van der Waals surface area (Å²) in [5.41, 5.74) is 1.07. The van der Waals surface area contributed by atoms with Gasteiger partial charge in [-0.05, 0) is 23.3 Å². The lowest BCUT2D eigenvalue weighted by Crippen LogP contribution is -1.73. The van der Waals surface area contributed by atoms with Crippen LogP contribution in [-0.2, 0) is 0 Å². The second-order valence-corrected chi connectivity index (χ2v) is 2.68. The van der Waals surface area contributed by atoms with Crippen LogP contribution in [0.3, 0.4) is 0 Å².